The quantitative estimate of drug-likeness (QED) is 0.657. The number of aryl methyl sites for hydroxylation is 1. The lowest BCUT2D eigenvalue weighted by Gasteiger charge is -2.25. The summed E-state index contributed by atoms with van der Waals surface area (Å²) in [7, 11) is 3.94. The van der Waals surface area contributed by atoms with Crippen LogP contribution in [0.3, 0.4) is 0 Å². The second-order valence-electron chi connectivity index (χ2n) is 6.68. The Morgan fingerprint density at radius 1 is 1.12 bits per heavy atom. The van der Waals surface area contributed by atoms with Crippen LogP contribution >= 0.6 is 0 Å². The molecule has 2 atom stereocenters. The fourth-order valence-corrected chi connectivity index (χ4v) is 2.25. The van der Waals surface area contributed by atoms with Crippen molar-refractivity contribution in [2.45, 2.75) is 32.9 Å². The number of likely N-dealkylation sites (N-methyl/N-ethyl adjacent to an activating group) is 1. The third-order valence-electron chi connectivity index (χ3n) is 4.02. The van der Waals surface area contributed by atoms with Crippen molar-refractivity contribution in [1.82, 2.24) is 15.5 Å². The molecule has 24 heavy (non-hydrogen) atoms. The molecule has 0 saturated heterocycles. The van der Waals surface area contributed by atoms with Crippen molar-refractivity contribution < 1.29 is 9.59 Å². The predicted octanol–water partition coefficient (Wildman–Crippen LogP) is 0.813. The molecule has 0 aromatic heterocycles. The number of carbonyl (C=O) groups is 2. The van der Waals surface area contributed by atoms with Gasteiger partial charge in [-0.2, -0.15) is 0 Å². The summed E-state index contributed by atoms with van der Waals surface area (Å²) in [6, 6.07) is 7.72. The molecule has 0 heterocycles. The predicted molar refractivity (Wildman–Crippen MR) is 96.4 cm³/mol. The van der Waals surface area contributed by atoms with E-state index in [-0.39, 0.29) is 30.3 Å². The zero-order chi connectivity index (χ0) is 18.3. The van der Waals surface area contributed by atoms with E-state index in [1.165, 1.54) is 5.56 Å². The number of carbonyl (C=O) groups excluding carboxylic acids is 2. The van der Waals surface area contributed by atoms with E-state index in [1.807, 2.05) is 34.9 Å². The molecule has 0 aliphatic rings. The highest BCUT2D eigenvalue weighted by atomic mass is 16.2. The number of amides is 2. The second-order valence-corrected chi connectivity index (χ2v) is 6.68. The smallest absolute Gasteiger partial charge is 0.239 e. The van der Waals surface area contributed by atoms with Gasteiger partial charge in [-0.3, -0.25) is 9.59 Å². The maximum Gasteiger partial charge on any atom is 0.239 e. The van der Waals surface area contributed by atoms with Gasteiger partial charge in [0.15, 0.2) is 0 Å². The van der Waals surface area contributed by atoms with Crippen molar-refractivity contribution in [3.05, 3.63) is 35.4 Å². The minimum Gasteiger partial charge on any atom is -0.353 e. The largest absolute Gasteiger partial charge is 0.353 e. The highest BCUT2D eigenvalue weighted by Crippen LogP contribution is 2.17. The average Bonchev–Trinajstić information content (AvgIpc) is 2.53. The molecule has 1 unspecified atom stereocenters. The van der Waals surface area contributed by atoms with Crippen LogP contribution in [0.15, 0.2) is 24.3 Å². The van der Waals surface area contributed by atoms with Crippen LogP contribution in [0, 0.1) is 12.8 Å². The number of rotatable bonds is 8. The Balaban J connectivity index is 2.51. The summed E-state index contributed by atoms with van der Waals surface area (Å²) in [4.78, 5) is 25.8. The van der Waals surface area contributed by atoms with Crippen molar-refractivity contribution >= 4 is 11.8 Å². The Bertz CT molecular complexity index is 540. The van der Waals surface area contributed by atoms with Gasteiger partial charge in [0, 0.05) is 6.54 Å². The summed E-state index contributed by atoms with van der Waals surface area (Å²) in [5.41, 5.74) is 8.08. The lowest BCUT2D eigenvalue weighted by molar-refractivity contribution is -0.127. The summed E-state index contributed by atoms with van der Waals surface area (Å²) in [5, 5.41) is 5.44. The molecule has 0 saturated carbocycles. The van der Waals surface area contributed by atoms with Gasteiger partial charge in [-0.15, -0.1) is 0 Å². The molecule has 0 fully saturated rings. The van der Waals surface area contributed by atoms with Gasteiger partial charge in [-0.05, 0) is 32.5 Å². The van der Waals surface area contributed by atoms with Gasteiger partial charge in [0.1, 0.15) is 0 Å². The molecular formula is C18H30N4O2. The van der Waals surface area contributed by atoms with Gasteiger partial charge in [0.2, 0.25) is 11.8 Å². The van der Waals surface area contributed by atoms with E-state index >= 15 is 0 Å². The van der Waals surface area contributed by atoms with Crippen molar-refractivity contribution in [1.29, 1.82) is 0 Å². The summed E-state index contributed by atoms with van der Waals surface area (Å²) < 4.78 is 0. The van der Waals surface area contributed by atoms with Crippen LogP contribution in [0.1, 0.15) is 31.0 Å². The standard InChI is InChI=1S/C18H30N4O2/c1-12(2)17(19)18(24)21-11-16(23)20-10-15(22(4)5)14-8-6-13(3)7-9-14/h6-9,12,15,17H,10-11,19H2,1-5H3,(H,20,23)(H,21,24)/t15?,17-/m0/s1. The van der Waals surface area contributed by atoms with E-state index in [0.717, 1.165) is 5.56 Å². The lowest BCUT2D eigenvalue weighted by Crippen LogP contribution is -2.47. The summed E-state index contributed by atoms with van der Waals surface area (Å²) in [5.74, 6) is -0.492. The number of nitrogens with one attached hydrogen (secondary N) is 2. The maximum atomic E-state index is 12.0. The summed E-state index contributed by atoms with van der Waals surface area (Å²) >= 11 is 0. The normalized spacial score (nSPS) is 13.7. The topological polar surface area (TPSA) is 87.5 Å². The van der Waals surface area contributed by atoms with Gasteiger partial charge in [0.05, 0.1) is 18.6 Å². The average molecular weight is 334 g/mol. The number of hydrogen-bond donors (Lipinski definition) is 3. The van der Waals surface area contributed by atoms with Crippen molar-refractivity contribution in [3.63, 3.8) is 0 Å². The van der Waals surface area contributed by atoms with Crippen LogP contribution in [0.4, 0.5) is 0 Å². The number of nitrogens with zero attached hydrogens (tertiary/aromatic N) is 1. The SMILES string of the molecule is Cc1ccc(C(CNC(=O)CNC(=O)[C@@H](N)C(C)C)N(C)C)cc1. The fraction of sp³-hybridized carbons (Fsp3) is 0.556. The number of hydrogen-bond acceptors (Lipinski definition) is 4. The zero-order valence-corrected chi connectivity index (χ0v) is 15.3. The molecular weight excluding hydrogens is 304 g/mol. The molecule has 1 aromatic carbocycles. The van der Waals surface area contributed by atoms with E-state index in [2.05, 4.69) is 39.8 Å². The molecule has 0 spiro atoms. The van der Waals surface area contributed by atoms with Crippen molar-refractivity contribution in [2.24, 2.45) is 11.7 Å². The number of benzene rings is 1. The monoisotopic (exact) mass is 334 g/mol. The van der Waals surface area contributed by atoms with Crippen molar-refractivity contribution in [3.8, 4) is 0 Å². The first-order valence-electron chi connectivity index (χ1n) is 8.25. The first-order chi connectivity index (χ1) is 11.2. The third-order valence-corrected chi connectivity index (χ3v) is 4.02. The molecule has 1 aromatic rings. The van der Waals surface area contributed by atoms with Crippen molar-refractivity contribution in [2.75, 3.05) is 27.2 Å². The van der Waals surface area contributed by atoms with E-state index in [1.54, 1.807) is 0 Å². The van der Waals surface area contributed by atoms with Gasteiger partial charge in [0.25, 0.3) is 0 Å². The molecule has 2 amide bonds. The Kier molecular flexibility index (Phi) is 7.88. The summed E-state index contributed by atoms with van der Waals surface area (Å²) in [6.45, 7) is 6.19. The number of nitrogens with two attached hydrogens (primary N) is 1. The molecule has 4 N–H and O–H groups in total. The maximum absolute atomic E-state index is 12.0. The Morgan fingerprint density at radius 2 is 1.71 bits per heavy atom. The minimum atomic E-state index is -0.597. The molecule has 0 aliphatic carbocycles. The molecule has 6 heteroatoms. The first-order valence-corrected chi connectivity index (χ1v) is 8.25. The van der Waals surface area contributed by atoms with Crippen LogP contribution in [0.2, 0.25) is 0 Å². The Morgan fingerprint density at radius 3 is 2.21 bits per heavy atom. The van der Waals surface area contributed by atoms with E-state index < -0.39 is 6.04 Å². The molecule has 1 rings (SSSR count). The molecule has 6 nitrogen and oxygen atoms in total. The van der Waals surface area contributed by atoms with Gasteiger partial charge in [-0.25, -0.2) is 0 Å². The van der Waals surface area contributed by atoms with Gasteiger partial charge < -0.3 is 21.3 Å². The van der Waals surface area contributed by atoms with E-state index in [0.29, 0.717) is 6.54 Å². The Hall–Kier alpha value is -1.92. The van der Waals surface area contributed by atoms with Crippen LogP contribution in [-0.2, 0) is 9.59 Å². The Labute approximate surface area is 144 Å². The van der Waals surface area contributed by atoms with Crippen LogP contribution < -0.4 is 16.4 Å². The van der Waals surface area contributed by atoms with Crippen LogP contribution in [0.25, 0.3) is 0 Å². The molecule has 0 aliphatic heterocycles. The van der Waals surface area contributed by atoms with Crippen LogP contribution in [0.5, 0.6) is 0 Å². The highest BCUT2D eigenvalue weighted by molar-refractivity contribution is 5.87. The highest BCUT2D eigenvalue weighted by Gasteiger charge is 2.18. The second kappa shape index (κ2) is 9.39. The zero-order valence-electron chi connectivity index (χ0n) is 15.3. The molecule has 0 bridgehead atoms. The van der Waals surface area contributed by atoms with Gasteiger partial charge in [-0.1, -0.05) is 43.7 Å². The van der Waals surface area contributed by atoms with Crippen LogP contribution in [-0.4, -0.2) is 49.9 Å². The summed E-state index contributed by atoms with van der Waals surface area (Å²) in [6.07, 6.45) is 0. The fourth-order valence-electron chi connectivity index (χ4n) is 2.25. The minimum absolute atomic E-state index is 0.0349. The lowest BCUT2D eigenvalue weighted by atomic mass is 10.0. The van der Waals surface area contributed by atoms with Gasteiger partial charge >= 0.3 is 0 Å². The molecule has 0 radical (unpaired) electrons. The first kappa shape index (κ1) is 20.1. The van der Waals surface area contributed by atoms with E-state index in [9.17, 15) is 9.59 Å². The third kappa shape index (κ3) is 6.29. The molecule has 134 valence electrons. The van der Waals surface area contributed by atoms with E-state index in [4.69, 9.17) is 5.73 Å².